The first-order chi connectivity index (χ1) is 16.6. The van der Waals surface area contributed by atoms with Crippen molar-refractivity contribution in [3.05, 3.63) is 103 Å². The van der Waals surface area contributed by atoms with Crippen LogP contribution in [0, 0.1) is 19.8 Å². The maximum absolute atomic E-state index is 12.4. The number of aryl methyl sites for hydroxylation is 2. The van der Waals surface area contributed by atoms with E-state index in [2.05, 4.69) is 13.2 Å². The van der Waals surface area contributed by atoms with E-state index in [0.717, 1.165) is 23.3 Å². The van der Waals surface area contributed by atoms with Crippen LogP contribution in [0.4, 0.5) is 0 Å². The van der Waals surface area contributed by atoms with E-state index in [1.165, 1.54) is 5.56 Å². The molecule has 3 aromatic rings. The van der Waals surface area contributed by atoms with Crippen LogP contribution in [0.3, 0.4) is 0 Å². The monoisotopic (exact) mass is 476 g/mol. The molecule has 0 aliphatic carbocycles. The zero-order valence-electron chi connectivity index (χ0n) is 22.0. The maximum atomic E-state index is 12.4. The van der Waals surface area contributed by atoms with Crippen molar-refractivity contribution >= 4 is 5.78 Å². The standard InChI is InChI=1S/C22H28O3.C7H8O.C2H4/c1-6-16(2)21(23)22(4,5)25-19-13-11-18(12-14-19)15-24-20-10-8-7-9-17(20)3;1-6-2-4-7(8)5-3-6;1-2/h7-14,16H,6,15H2,1-5H3;2-5,8H,1H3;1-2H2. The van der Waals surface area contributed by atoms with Gasteiger partial charge in [0.15, 0.2) is 11.4 Å². The van der Waals surface area contributed by atoms with Crippen LogP contribution in [0.25, 0.3) is 0 Å². The van der Waals surface area contributed by atoms with Crippen molar-refractivity contribution in [2.24, 2.45) is 5.92 Å². The molecule has 35 heavy (non-hydrogen) atoms. The summed E-state index contributed by atoms with van der Waals surface area (Å²) in [5, 5.41) is 8.76. The Balaban J connectivity index is 0.000000512. The van der Waals surface area contributed by atoms with Gasteiger partial charge in [0.05, 0.1) is 0 Å². The van der Waals surface area contributed by atoms with Gasteiger partial charge in [0.25, 0.3) is 0 Å². The van der Waals surface area contributed by atoms with Gasteiger partial charge in [0.2, 0.25) is 0 Å². The number of phenols is 1. The van der Waals surface area contributed by atoms with Gasteiger partial charge in [-0.1, -0.05) is 61.9 Å². The van der Waals surface area contributed by atoms with Crippen molar-refractivity contribution in [1.82, 2.24) is 0 Å². The van der Waals surface area contributed by atoms with Crippen LogP contribution < -0.4 is 9.47 Å². The lowest BCUT2D eigenvalue weighted by Gasteiger charge is -2.27. The first-order valence-corrected chi connectivity index (χ1v) is 11.9. The van der Waals surface area contributed by atoms with Gasteiger partial charge < -0.3 is 14.6 Å². The molecule has 0 aromatic heterocycles. The van der Waals surface area contributed by atoms with E-state index in [4.69, 9.17) is 14.6 Å². The molecule has 0 amide bonds. The van der Waals surface area contributed by atoms with Gasteiger partial charge in [-0.05, 0) is 75.6 Å². The van der Waals surface area contributed by atoms with E-state index >= 15 is 0 Å². The molecule has 188 valence electrons. The van der Waals surface area contributed by atoms with Crippen LogP contribution in [0.15, 0.2) is 86.0 Å². The number of hydrogen-bond donors (Lipinski definition) is 1. The highest BCUT2D eigenvalue weighted by Gasteiger charge is 2.32. The number of aromatic hydroxyl groups is 1. The zero-order valence-corrected chi connectivity index (χ0v) is 22.0. The highest BCUT2D eigenvalue weighted by atomic mass is 16.5. The topological polar surface area (TPSA) is 55.8 Å². The Labute approximate surface area is 211 Å². The lowest BCUT2D eigenvalue weighted by molar-refractivity contribution is -0.135. The SMILES string of the molecule is C=C.CCC(C)C(=O)C(C)(C)Oc1ccc(COc2ccccc2C)cc1.Cc1ccc(O)cc1. The molecular weight excluding hydrogens is 436 g/mol. The fourth-order valence-electron chi connectivity index (χ4n) is 3.20. The van der Waals surface area contributed by atoms with E-state index < -0.39 is 5.60 Å². The molecular formula is C31H40O4. The summed E-state index contributed by atoms with van der Waals surface area (Å²) in [6.07, 6.45) is 0.820. The summed E-state index contributed by atoms with van der Waals surface area (Å²) in [4.78, 5) is 12.4. The molecule has 4 heteroatoms. The van der Waals surface area contributed by atoms with Crippen LogP contribution in [0.2, 0.25) is 0 Å². The third-order valence-electron chi connectivity index (χ3n) is 5.47. The van der Waals surface area contributed by atoms with Crippen LogP contribution in [0.1, 0.15) is 50.8 Å². The van der Waals surface area contributed by atoms with Crippen molar-refractivity contribution in [2.45, 2.75) is 60.2 Å². The number of carbonyl (C=O) groups excluding carboxylic acids is 1. The fourth-order valence-corrected chi connectivity index (χ4v) is 3.20. The number of para-hydroxylation sites is 1. The van der Waals surface area contributed by atoms with Gasteiger partial charge in [0.1, 0.15) is 23.9 Å². The summed E-state index contributed by atoms with van der Waals surface area (Å²) < 4.78 is 11.8. The molecule has 0 saturated heterocycles. The molecule has 1 N–H and O–H groups in total. The number of Topliss-reactive ketones (excluding diaryl/α,β-unsaturated/α-hetero) is 1. The largest absolute Gasteiger partial charge is 0.508 e. The molecule has 0 heterocycles. The van der Waals surface area contributed by atoms with Crippen LogP contribution in [0.5, 0.6) is 17.2 Å². The van der Waals surface area contributed by atoms with Gasteiger partial charge in [-0.3, -0.25) is 4.79 Å². The molecule has 1 unspecified atom stereocenters. The van der Waals surface area contributed by atoms with Gasteiger partial charge in [0, 0.05) is 5.92 Å². The van der Waals surface area contributed by atoms with Crippen LogP contribution >= 0.6 is 0 Å². The molecule has 0 spiro atoms. The number of ether oxygens (including phenoxy) is 2. The van der Waals surface area contributed by atoms with E-state index in [9.17, 15) is 4.79 Å². The van der Waals surface area contributed by atoms with Gasteiger partial charge in [-0.15, -0.1) is 13.2 Å². The summed E-state index contributed by atoms with van der Waals surface area (Å²) >= 11 is 0. The minimum absolute atomic E-state index is 0.00298. The second-order valence-corrected chi connectivity index (χ2v) is 8.82. The average Bonchev–Trinajstić information content (AvgIpc) is 2.86. The molecule has 0 saturated carbocycles. The first-order valence-electron chi connectivity index (χ1n) is 11.9. The number of hydrogen-bond acceptors (Lipinski definition) is 4. The Hall–Kier alpha value is -3.53. The highest BCUT2D eigenvalue weighted by molar-refractivity contribution is 5.88. The summed E-state index contributed by atoms with van der Waals surface area (Å²) in [6.45, 7) is 18.1. The molecule has 0 fully saturated rings. The molecule has 3 rings (SSSR count). The molecule has 0 radical (unpaired) electrons. The Morgan fingerprint density at radius 1 is 0.943 bits per heavy atom. The van der Waals surface area contributed by atoms with Crippen molar-refractivity contribution in [1.29, 1.82) is 0 Å². The summed E-state index contributed by atoms with van der Waals surface area (Å²) in [5.74, 6) is 2.04. The average molecular weight is 477 g/mol. The summed E-state index contributed by atoms with van der Waals surface area (Å²) in [5.41, 5.74) is 2.52. The molecule has 1 atom stereocenters. The Bertz CT molecular complexity index is 1000. The van der Waals surface area contributed by atoms with Crippen LogP contribution in [-0.2, 0) is 11.4 Å². The first kappa shape index (κ1) is 29.5. The molecule has 0 bridgehead atoms. The van der Waals surface area contributed by atoms with Crippen molar-refractivity contribution in [3.8, 4) is 17.2 Å². The Kier molecular flexibility index (Phi) is 12.4. The molecule has 3 aromatic carbocycles. The molecule has 0 aliphatic heterocycles. The zero-order chi connectivity index (χ0) is 26.4. The van der Waals surface area contributed by atoms with Crippen molar-refractivity contribution in [3.63, 3.8) is 0 Å². The van der Waals surface area contributed by atoms with E-state index in [0.29, 0.717) is 18.1 Å². The lowest BCUT2D eigenvalue weighted by Crippen LogP contribution is -2.41. The van der Waals surface area contributed by atoms with Gasteiger partial charge in [-0.25, -0.2) is 0 Å². The fraction of sp³-hybridized carbons (Fsp3) is 0.323. The molecule has 4 nitrogen and oxygen atoms in total. The third-order valence-corrected chi connectivity index (χ3v) is 5.47. The Morgan fingerprint density at radius 2 is 1.51 bits per heavy atom. The number of ketones is 1. The number of benzene rings is 3. The number of phenolic OH excluding ortho intramolecular Hbond substituents is 1. The quantitative estimate of drug-likeness (QED) is 0.336. The van der Waals surface area contributed by atoms with Crippen molar-refractivity contribution in [2.75, 3.05) is 0 Å². The minimum atomic E-state index is -0.825. The smallest absolute Gasteiger partial charge is 0.178 e. The van der Waals surface area contributed by atoms with Crippen LogP contribution in [-0.4, -0.2) is 16.5 Å². The summed E-state index contributed by atoms with van der Waals surface area (Å²) in [6, 6.07) is 22.8. The number of carbonyl (C=O) groups is 1. The summed E-state index contributed by atoms with van der Waals surface area (Å²) in [7, 11) is 0. The van der Waals surface area contributed by atoms with E-state index in [-0.39, 0.29) is 11.7 Å². The maximum Gasteiger partial charge on any atom is 0.178 e. The van der Waals surface area contributed by atoms with Crippen molar-refractivity contribution < 1.29 is 19.4 Å². The second kappa shape index (κ2) is 14.7. The van der Waals surface area contributed by atoms with Gasteiger partial charge in [-0.2, -0.15) is 0 Å². The normalized spacial score (nSPS) is 11.1. The molecule has 0 aliphatic rings. The number of rotatable bonds is 8. The van der Waals surface area contributed by atoms with Gasteiger partial charge >= 0.3 is 0 Å². The Morgan fingerprint density at radius 3 is 2.03 bits per heavy atom. The lowest BCUT2D eigenvalue weighted by atomic mass is 9.91. The third kappa shape index (κ3) is 10.1. The second-order valence-electron chi connectivity index (χ2n) is 8.82. The highest BCUT2D eigenvalue weighted by Crippen LogP contribution is 2.24. The predicted molar refractivity (Wildman–Crippen MR) is 145 cm³/mol. The van der Waals surface area contributed by atoms with E-state index in [1.54, 1.807) is 12.1 Å². The van der Waals surface area contributed by atoms with E-state index in [1.807, 2.05) is 102 Å². The predicted octanol–water partition coefficient (Wildman–Crippen LogP) is 7.85. The minimum Gasteiger partial charge on any atom is -0.508 e.